The van der Waals surface area contributed by atoms with Gasteiger partial charge in [-0.1, -0.05) is 32.9 Å². The molecule has 0 saturated carbocycles. The maximum absolute atomic E-state index is 6.28. The molecule has 3 nitrogen and oxygen atoms in total. The van der Waals surface area contributed by atoms with Crippen molar-refractivity contribution < 1.29 is 4.74 Å². The topological polar surface area (TPSA) is 38.5 Å². The van der Waals surface area contributed by atoms with E-state index in [4.69, 9.17) is 10.5 Å². The standard InChI is InChI=1S/C17H28N2O/c1-17(2,3)13-14(18)9-11-19-10-6-12-20-16-8-5-4-7-15(16)19/h4-5,7-8,14H,6,9-13,18H2,1-3H3. The smallest absolute Gasteiger partial charge is 0.142 e. The minimum Gasteiger partial charge on any atom is -0.491 e. The Morgan fingerprint density at radius 1 is 1.30 bits per heavy atom. The van der Waals surface area contributed by atoms with Crippen molar-refractivity contribution in [1.82, 2.24) is 0 Å². The number of nitrogens with zero attached hydrogens (tertiary/aromatic N) is 1. The fourth-order valence-electron chi connectivity index (χ4n) is 2.84. The van der Waals surface area contributed by atoms with E-state index in [-0.39, 0.29) is 6.04 Å². The summed E-state index contributed by atoms with van der Waals surface area (Å²) in [4.78, 5) is 2.42. The molecule has 112 valence electrons. The minimum atomic E-state index is 0.270. The second-order valence-electron chi connectivity index (χ2n) is 6.97. The Labute approximate surface area is 123 Å². The SMILES string of the molecule is CC(C)(C)CC(N)CCN1CCCOc2ccccc21. The minimum absolute atomic E-state index is 0.270. The van der Waals surface area contributed by atoms with Crippen LogP contribution in [0.15, 0.2) is 24.3 Å². The van der Waals surface area contributed by atoms with Crippen LogP contribution in [-0.4, -0.2) is 25.7 Å². The van der Waals surface area contributed by atoms with E-state index in [0.29, 0.717) is 5.41 Å². The van der Waals surface area contributed by atoms with Gasteiger partial charge in [-0.25, -0.2) is 0 Å². The summed E-state index contributed by atoms with van der Waals surface area (Å²) in [6.07, 6.45) is 3.17. The number of fused-ring (bicyclic) bond motifs is 1. The van der Waals surface area contributed by atoms with Gasteiger partial charge in [-0.2, -0.15) is 0 Å². The predicted octanol–water partition coefficient (Wildman–Crippen LogP) is 3.43. The molecule has 3 heteroatoms. The highest BCUT2D eigenvalue weighted by atomic mass is 16.5. The van der Waals surface area contributed by atoms with Crippen molar-refractivity contribution in [2.75, 3.05) is 24.6 Å². The van der Waals surface area contributed by atoms with Crippen LogP contribution in [0.3, 0.4) is 0 Å². The second-order valence-corrected chi connectivity index (χ2v) is 6.97. The van der Waals surface area contributed by atoms with Gasteiger partial charge in [0, 0.05) is 19.1 Å². The summed E-state index contributed by atoms with van der Waals surface area (Å²) in [5.41, 5.74) is 7.80. The summed E-state index contributed by atoms with van der Waals surface area (Å²) in [5, 5.41) is 0. The molecule has 1 heterocycles. The van der Waals surface area contributed by atoms with Crippen molar-refractivity contribution in [3.05, 3.63) is 24.3 Å². The molecular formula is C17H28N2O. The van der Waals surface area contributed by atoms with Crippen molar-refractivity contribution >= 4 is 5.69 Å². The number of benzene rings is 1. The number of hydrogen-bond acceptors (Lipinski definition) is 3. The molecule has 1 aromatic rings. The third-order valence-electron chi connectivity index (χ3n) is 3.68. The van der Waals surface area contributed by atoms with Crippen molar-refractivity contribution in [2.45, 2.75) is 46.1 Å². The molecule has 20 heavy (non-hydrogen) atoms. The predicted molar refractivity (Wildman–Crippen MR) is 85.4 cm³/mol. The Morgan fingerprint density at radius 3 is 2.80 bits per heavy atom. The summed E-state index contributed by atoms with van der Waals surface area (Å²) >= 11 is 0. The van der Waals surface area contributed by atoms with Gasteiger partial charge in [-0.3, -0.25) is 0 Å². The van der Waals surface area contributed by atoms with Crippen LogP contribution in [0.25, 0.3) is 0 Å². The first-order valence-corrected chi connectivity index (χ1v) is 7.68. The van der Waals surface area contributed by atoms with Gasteiger partial charge < -0.3 is 15.4 Å². The molecule has 0 spiro atoms. The molecule has 2 N–H and O–H groups in total. The zero-order valence-electron chi connectivity index (χ0n) is 13.1. The Hall–Kier alpha value is -1.22. The second kappa shape index (κ2) is 6.49. The number of hydrogen-bond donors (Lipinski definition) is 1. The number of para-hydroxylation sites is 2. The number of anilines is 1. The molecular weight excluding hydrogens is 248 g/mol. The fraction of sp³-hybridized carbons (Fsp3) is 0.647. The summed E-state index contributed by atoms with van der Waals surface area (Å²) in [7, 11) is 0. The lowest BCUT2D eigenvalue weighted by atomic mass is 9.87. The first-order valence-electron chi connectivity index (χ1n) is 7.68. The van der Waals surface area contributed by atoms with Gasteiger partial charge in [0.05, 0.1) is 12.3 Å². The summed E-state index contributed by atoms with van der Waals surface area (Å²) in [5.74, 6) is 1.01. The Balaban J connectivity index is 1.96. The normalized spacial score (nSPS) is 17.1. The van der Waals surface area contributed by atoms with Gasteiger partial charge in [0.15, 0.2) is 0 Å². The van der Waals surface area contributed by atoms with E-state index in [9.17, 15) is 0 Å². The Bertz CT molecular complexity index is 425. The van der Waals surface area contributed by atoms with Crippen LogP contribution in [0.1, 0.15) is 40.0 Å². The molecule has 1 unspecified atom stereocenters. The Morgan fingerprint density at radius 2 is 2.05 bits per heavy atom. The van der Waals surface area contributed by atoms with E-state index in [1.54, 1.807) is 0 Å². The lowest BCUT2D eigenvalue weighted by molar-refractivity contribution is 0.322. The molecule has 1 aromatic carbocycles. The van der Waals surface area contributed by atoms with Crippen molar-refractivity contribution in [1.29, 1.82) is 0 Å². The third-order valence-corrected chi connectivity index (χ3v) is 3.68. The quantitative estimate of drug-likeness (QED) is 0.915. The third kappa shape index (κ3) is 4.41. The van der Waals surface area contributed by atoms with E-state index in [1.807, 2.05) is 6.07 Å². The van der Waals surface area contributed by atoms with Gasteiger partial charge in [0.1, 0.15) is 5.75 Å². The number of nitrogens with two attached hydrogens (primary N) is 1. The molecule has 0 aromatic heterocycles. The molecule has 0 fully saturated rings. The van der Waals surface area contributed by atoms with E-state index in [0.717, 1.165) is 44.7 Å². The molecule has 0 saturated heterocycles. The van der Waals surface area contributed by atoms with Gasteiger partial charge in [-0.15, -0.1) is 0 Å². The van der Waals surface area contributed by atoms with Crippen molar-refractivity contribution in [3.8, 4) is 5.75 Å². The average Bonchev–Trinajstić information content (AvgIpc) is 2.56. The summed E-state index contributed by atoms with van der Waals surface area (Å²) < 4.78 is 5.79. The molecule has 2 rings (SSSR count). The molecule has 1 aliphatic heterocycles. The van der Waals surface area contributed by atoms with Crippen LogP contribution < -0.4 is 15.4 Å². The van der Waals surface area contributed by atoms with Crippen molar-refractivity contribution in [2.24, 2.45) is 11.1 Å². The fourth-order valence-corrected chi connectivity index (χ4v) is 2.84. The lowest BCUT2D eigenvalue weighted by Crippen LogP contribution is -2.33. The number of ether oxygens (including phenoxy) is 1. The molecule has 0 aliphatic carbocycles. The van der Waals surface area contributed by atoms with Crippen LogP contribution >= 0.6 is 0 Å². The largest absolute Gasteiger partial charge is 0.491 e. The van der Waals surface area contributed by atoms with Crippen LogP contribution in [0.4, 0.5) is 5.69 Å². The lowest BCUT2D eigenvalue weighted by Gasteiger charge is -2.28. The zero-order chi connectivity index (χ0) is 14.6. The Kier molecular flexibility index (Phi) is 4.92. The van der Waals surface area contributed by atoms with E-state index < -0.39 is 0 Å². The summed E-state index contributed by atoms with van der Waals surface area (Å²) in [6, 6.07) is 8.59. The van der Waals surface area contributed by atoms with E-state index >= 15 is 0 Å². The first kappa shape index (κ1) is 15.2. The number of rotatable bonds is 4. The monoisotopic (exact) mass is 276 g/mol. The first-order chi connectivity index (χ1) is 9.46. The highest BCUT2D eigenvalue weighted by Gasteiger charge is 2.19. The maximum Gasteiger partial charge on any atom is 0.142 e. The molecule has 0 radical (unpaired) electrons. The highest BCUT2D eigenvalue weighted by molar-refractivity contribution is 5.58. The zero-order valence-corrected chi connectivity index (χ0v) is 13.1. The highest BCUT2D eigenvalue weighted by Crippen LogP contribution is 2.31. The van der Waals surface area contributed by atoms with Gasteiger partial charge in [-0.05, 0) is 36.8 Å². The summed E-state index contributed by atoms with van der Waals surface area (Å²) in [6.45, 7) is 9.63. The molecule has 1 atom stereocenters. The molecule has 0 amide bonds. The molecule has 1 aliphatic rings. The van der Waals surface area contributed by atoms with E-state index in [2.05, 4.69) is 43.9 Å². The van der Waals surface area contributed by atoms with Gasteiger partial charge in [0.25, 0.3) is 0 Å². The van der Waals surface area contributed by atoms with Crippen LogP contribution in [-0.2, 0) is 0 Å². The maximum atomic E-state index is 6.28. The average molecular weight is 276 g/mol. The van der Waals surface area contributed by atoms with Crippen LogP contribution in [0, 0.1) is 5.41 Å². The van der Waals surface area contributed by atoms with Crippen molar-refractivity contribution in [3.63, 3.8) is 0 Å². The molecule has 0 bridgehead atoms. The van der Waals surface area contributed by atoms with Gasteiger partial charge in [0.2, 0.25) is 0 Å². The van der Waals surface area contributed by atoms with Crippen LogP contribution in [0.2, 0.25) is 0 Å². The van der Waals surface area contributed by atoms with Gasteiger partial charge >= 0.3 is 0 Å². The van der Waals surface area contributed by atoms with E-state index in [1.165, 1.54) is 5.69 Å². The van der Waals surface area contributed by atoms with Crippen LogP contribution in [0.5, 0.6) is 5.75 Å².